The van der Waals surface area contributed by atoms with Gasteiger partial charge in [-0.05, 0) is 30.4 Å². The van der Waals surface area contributed by atoms with Crippen LogP contribution in [-0.4, -0.2) is 5.91 Å². The Morgan fingerprint density at radius 2 is 1.89 bits per heavy atom. The predicted octanol–water partition coefficient (Wildman–Crippen LogP) is 3.44. The average molecular weight is 243 g/mol. The number of nitrogens with one attached hydrogen (secondary N) is 1. The van der Waals surface area contributed by atoms with E-state index in [-0.39, 0.29) is 5.91 Å². The Balaban J connectivity index is 1.73. The average Bonchev–Trinajstić information content (AvgIpc) is 2.45. The van der Waals surface area contributed by atoms with Crippen LogP contribution in [0.3, 0.4) is 0 Å². The van der Waals surface area contributed by atoms with E-state index in [2.05, 4.69) is 11.4 Å². The highest BCUT2D eigenvalue weighted by atomic mass is 16.1. The van der Waals surface area contributed by atoms with E-state index >= 15 is 0 Å². The summed E-state index contributed by atoms with van der Waals surface area (Å²) >= 11 is 0. The van der Waals surface area contributed by atoms with E-state index in [4.69, 9.17) is 0 Å². The van der Waals surface area contributed by atoms with Crippen molar-refractivity contribution in [3.05, 3.63) is 48.0 Å². The fraction of sp³-hybridized carbons (Fsp3) is 0.438. The summed E-state index contributed by atoms with van der Waals surface area (Å²) in [6, 6.07) is 9.99. The molecule has 1 aromatic carbocycles. The van der Waals surface area contributed by atoms with E-state index < -0.39 is 0 Å². The molecule has 0 saturated heterocycles. The van der Waals surface area contributed by atoms with Crippen LogP contribution in [-0.2, 0) is 11.3 Å². The number of benzene rings is 1. The second-order valence-corrected chi connectivity index (χ2v) is 4.96. The van der Waals surface area contributed by atoms with Crippen LogP contribution in [0.2, 0.25) is 0 Å². The number of hydrogen-bond acceptors (Lipinski definition) is 1. The molecule has 0 bridgehead atoms. The number of hydrogen-bond donors (Lipinski definition) is 1. The molecule has 1 aliphatic carbocycles. The second-order valence-electron chi connectivity index (χ2n) is 4.96. The van der Waals surface area contributed by atoms with E-state index in [0.717, 1.165) is 5.56 Å². The number of amides is 1. The number of allylic oxidation sites excluding steroid dienone is 1. The minimum absolute atomic E-state index is 0.0180. The molecule has 96 valence electrons. The Hall–Kier alpha value is -1.57. The first-order valence-corrected chi connectivity index (χ1v) is 6.84. The van der Waals surface area contributed by atoms with Crippen LogP contribution in [0.25, 0.3) is 0 Å². The molecular formula is C16H21NO. The molecule has 0 spiro atoms. The summed E-state index contributed by atoms with van der Waals surface area (Å²) in [4.78, 5) is 11.7. The SMILES string of the molecule is O=C(/C=C/C1CCCCC1)NCc1ccccc1. The summed E-state index contributed by atoms with van der Waals surface area (Å²) in [5, 5.41) is 2.91. The lowest BCUT2D eigenvalue weighted by Gasteiger charge is -2.17. The van der Waals surface area contributed by atoms with Crippen LogP contribution in [0, 0.1) is 5.92 Å². The minimum Gasteiger partial charge on any atom is -0.348 e. The smallest absolute Gasteiger partial charge is 0.243 e. The maximum Gasteiger partial charge on any atom is 0.243 e. The van der Waals surface area contributed by atoms with Crippen LogP contribution in [0.1, 0.15) is 37.7 Å². The molecule has 2 rings (SSSR count). The van der Waals surface area contributed by atoms with Crippen LogP contribution >= 0.6 is 0 Å². The lowest BCUT2D eigenvalue weighted by atomic mass is 9.89. The molecule has 2 nitrogen and oxygen atoms in total. The second kappa shape index (κ2) is 7.00. The Kier molecular flexibility index (Phi) is 5.00. The van der Waals surface area contributed by atoms with Gasteiger partial charge >= 0.3 is 0 Å². The molecule has 18 heavy (non-hydrogen) atoms. The zero-order valence-corrected chi connectivity index (χ0v) is 10.8. The minimum atomic E-state index is 0.0180. The van der Waals surface area contributed by atoms with Gasteiger partial charge in [0.15, 0.2) is 0 Å². The maximum atomic E-state index is 11.7. The quantitative estimate of drug-likeness (QED) is 0.806. The zero-order valence-electron chi connectivity index (χ0n) is 10.8. The molecular weight excluding hydrogens is 222 g/mol. The summed E-state index contributed by atoms with van der Waals surface area (Å²) in [6.07, 6.45) is 10.2. The van der Waals surface area contributed by atoms with Gasteiger partial charge in [-0.2, -0.15) is 0 Å². The molecule has 0 radical (unpaired) electrons. The Labute approximate surface area is 109 Å². The monoisotopic (exact) mass is 243 g/mol. The normalized spacial score (nSPS) is 16.9. The summed E-state index contributed by atoms with van der Waals surface area (Å²) in [6.45, 7) is 0.606. The van der Waals surface area contributed by atoms with Gasteiger partial charge in [0.1, 0.15) is 0 Å². The van der Waals surface area contributed by atoms with E-state index in [9.17, 15) is 4.79 Å². The summed E-state index contributed by atoms with van der Waals surface area (Å²) in [7, 11) is 0. The summed E-state index contributed by atoms with van der Waals surface area (Å²) < 4.78 is 0. The third-order valence-electron chi connectivity index (χ3n) is 3.48. The highest BCUT2D eigenvalue weighted by Crippen LogP contribution is 2.24. The van der Waals surface area contributed by atoms with Crippen molar-refractivity contribution in [2.75, 3.05) is 0 Å². The van der Waals surface area contributed by atoms with Gasteiger partial charge in [0.25, 0.3) is 0 Å². The van der Waals surface area contributed by atoms with Gasteiger partial charge in [-0.3, -0.25) is 4.79 Å². The van der Waals surface area contributed by atoms with Gasteiger partial charge in [-0.15, -0.1) is 0 Å². The molecule has 0 unspecified atom stereocenters. The topological polar surface area (TPSA) is 29.1 Å². The third-order valence-corrected chi connectivity index (χ3v) is 3.48. The Bertz CT molecular complexity index is 391. The van der Waals surface area contributed by atoms with Gasteiger partial charge in [0.05, 0.1) is 0 Å². The molecule has 1 aliphatic rings. The highest BCUT2D eigenvalue weighted by molar-refractivity contribution is 5.87. The molecule has 1 aromatic rings. The molecule has 1 N–H and O–H groups in total. The van der Waals surface area contributed by atoms with Crippen LogP contribution < -0.4 is 5.32 Å². The molecule has 0 aliphatic heterocycles. The molecule has 1 saturated carbocycles. The van der Waals surface area contributed by atoms with Gasteiger partial charge in [-0.25, -0.2) is 0 Å². The predicted molar refractivity (Wildman–Crippen MR) is 74.0 cm³/mol. The number of carbonyl (C=O) groups excluding carboxylic acids is 1. The number of carbonyl (C=O) groups is 1. The largest absolute Gasteiger partial charge is 0.348 e. The van der Waals surface area contributed by atoms with Crippen molar-refractivity contribution in [2.24, 2.45) is 5.92 Å². The van der Waals surface area contributed by atoms with E-state index in [0.29, 0.717) is 12.5 Å². The Morgan fingerprint density at radius 1 is 1.17 bits per heavy atom. The van der Waals surface area contributed by atoms with Gasteiger partial charge in [-0.1, -0.05) is 55.7 Å². The van der Waals surface area contributed by atoms with Crippen molar-refractivity contribution < 1.29 is 4.79 Å². The van der Waals surface area contributed by atoms with Crippen LogP contribution in [0.5, 0.6) is 0 Å². The van der Waals surface area contributed by atoms with E-state index in [1.165, 1.54) is 32.1 Å². The van der Waals surface area contributed by atoms with Crippen LogP contribution in [0.15, 0.2) is 42.5 Å². The van der Waals surface area contributed by atoms with Crippen molar-refractivity contribution in [1.29, 1.82) is 0 Å². The highest BCUT2D eigenvalue weighted by Gasteiger charge is 2.10. The summed E-state index contributed by atoms with van der Waals surface area (Å²) in [5.74, 6) is 0.630. The van der Waals surface area contributed by atoms with Crippen molar-refractivity contribution in [3.8, 4) is 0 Å². The molecule has 0 atom stereocenters. The van der Waals surface area contributed by atoms with E-state index in [1.54, 1.807) is 6.08 Å². The fourth-order valence-electron chi connectivity index (χ4n) is 2.39. The van der Waals surface area contributed by atoms with Crippen molar-refractivity contribution in [3.63, 3.8) is 0 Å². The fourth-order valence-corrected chi connectivity index (χ4v) is 2.39. The summed E-state index contributed by atoms with van der Waals surface area (Å²) in [5.41, 5.74) is 1.14. The maximum absolute atomic E-state index is 11.7. The first-order chi connectivity index (χ1) is 8.84. The third kappa shape index (κ3) is 4.36. The van der Waals surface area contributed by atoms with Gasteiger partial charge < -0.3 is 5.32 Å². The van der Waals surface area contributed by atoms with Crippen molar-refractivity contribution in [1.82, 2.24) is 5.32 Å². The molecule has 1 amide bonds. The molecule has 1 fully saturated rings. The van der Waals surface area contributed by atoms with Crippen LogP contribution in [0.4, 0.5) is 0 Å². The van der Waals surface area contributed by atoms with Gasteiger partial charge in [0.2, 0.25) is 5.91 Å². The van der Waals surface area contributed by atoms with Crippen molar-refractivity contribution >= 4 is 5.91 Å². The van der Waals surface area contributed by atoms with Gasteiger partial charge in [0, 0.05) is 6.54 Å². The molecule has 0 aromatic heterocycles. The molecule has 0 heterocycles. The van der Waals surface area contributed by atoms with Crippen molar-refractivity contribution in [2.45, 2.75) is 38.6 Å². The number of rotatable bonds is 4. The Morgan fingerprint density at radius 3 is 2.61 bits per heavy atom. The lowest BCUT2D eigenvalue weighted by Crippen LogP contribution is -2.20. The first-order valence-electron chi connectivity index (χ1n) is 6.84. The zero-order chi connectivity index (χ0) is 12.6. The van der Waals surface area contributed by atoms with E-state index in [1.807, 2.05) is 30.3 Å². The first kappa shape index (κ1) is 12.9. The molecule has 2 heteroatoms. The standard InChI is InChI=1S/C16H21NO/c18-16(12-11-14-7-3-1-4-8-14)17-13-15-9-5-2-6-10-15/h2,5-6,9-12,14H,1,3-4,7-8,13H2,(H,17,18)/b12-11+. The lowest BCUT2D eigenvalue weighted by molar-refractivity contribution is -0.116.